The molecule has 1 aromatic carbocycles. The van der Waals surface area contributed by atoms with Crippen LogP contribution in [0.15, 0.2) is 30.3 Å². The van der Waals surface area contributed by atoms with Crippen molar-refractivity contribution >= 4 is 16.8 Å². The van der Waals surface area contributed by atoms with Gasteiger partial charge in [-0.1, -0.05) is 18.2 Å². The molecule has 0 aliphatic carbocycles. The predicted octanol–water partition coefficient (Wildman–Crippen LogP) is 2.98. The summed E-state index contributed by atoms with van der Waals surface area (Å²) in [4.78, 5) is 15.0. The van der Waals surface area contributed by atoms with E-state index in [4.69, 9.17) is 9.47 Å². The number of fused-ring (bicyclic) bond motifs is 1. The Bertz CT molecular complexity index is 774. The molecule has 2 aliphatic rings. The van der Waals surface area contributed by atoms with Crippen molar-refractivity contribution in [2.75, 3.05) is 26.3 Å². The number of para-hydroxylation sites is 1. The minimum Gasteiger partial charge on any atom is -0.376 e. The van der Waals surface area contributed by atoms with Gasteiger partial charge in [-0.05, 0) is 31.9 Å². The summed E-state index contributed by atoms with van der Waals surface area (Å²) < 4.78 is 13.8. The molecule has 1 spiro atoms. The highest BCUT2D eigenvalue weighted by Gasteiger charge is 2.44. The van der Waals surface area contributed by atoms with Crippen molar-refractivity contribution in [1.29, 1.82) is 0 Å². The van der Waals surface area contributed by atoms with Gasteiger partial charge in [0.25, 0.3) is 5.91 Å². The summed E-state index contributed by atoms with van der Waals surface area (Å²) in [5, 5.41) is 1.11. The zero-order chi connectivity index (χ0) is 17.4. The molecule has 1 amide bonds. The molecule has 5 nitrogen and oxygen atoms in total. The van der Waals surface area contributed by atoms with Crippen molar-refractivity contribution in [3.63, 3.8) is 0 Å². The first-order valence-electron chi connectivity index (χ1n) is 9.21. The minimum absolute atomic E-state index is 0.0878. The molecule has 2 aromatic rings. The number of carbonyl (C=O) groups excluding carboxylic acids is 1. The van der Waals surface area contributed by atoms with Gasteiger partial charge in [0, 0.05) is 44.1 Å². The van der Waals surface area contributed by atoms with E-state index in [0.717, 1.165) is 55.6 Å². The van der Waals surface area contributed by atoms with Crippen LogP contribution in [0.3, 0.4) is 0 Å². The summed E-state index contributed by atoms with van der Waals surface area (Å²) in [5.41, 5.74) is 1.77. The molecule has 5 heteroatoms. The van der Waals surface area contributed by atoms with Gasteiger partial charge < -0.3 is 18.9 Å². The summed E-state index contributed by atoms with van der Waals surface area (Å²) >= 11 is 0. The number of amides is 1. The van der Waals surface area contributed by atoms with Crippen LogP contribution in [0.4, 0.5) is 0 Å². The molecule has 1 aromatic heterocycles. The largest absolute Gasteiger partial charge is 0.376 e. The Morgan fingerprint density at radius 1 is 1.32 bits per heavy atom. The number of ether oxygens (including phenoxy) is 2. The van der Waals surface area contributed by atoms with E-state index in [2.05, 4.69) is 12.1 Å². The fraction of sp³-hybridized carbons (Fsp3) is 0.550. The van der Waals surface area contributed by atoms with Crippen LogP contribution in [0.5, 0.6) is 0 Å². The number of carbonyl (C=O) groups is 1. The number of aromatic nitrogens is 1. The fourth-order valence-electron chi connectivity index (χ4n) is 4.27. The summed E-state index contributed by atoms with van der Waals surface area (Å²) in [6, 6.07) is 10.1. The Hall–Kier alpha value is -1.85. The molecule has 2 saturated heterocycles. The summed E-state index contributed by atoms with van der Waals surface area (Å²) in [6.07, 6.45) is 2.96. The number of rotatable bonds is 3. The van der Waals surface area contributed by atoms with Crippen molar-refractivity contribution in [2.24, 2.45) is 7.05 Å². The molecular formula is C20H26N2O3. The van der Waals surface area contributed by atoms with Crippen molar-refractivity contribution in [1.82, 2.24) is 9.47 Å². The SMILES string of the molecule is CCOC1COC2(CCN(C(=O)c3cc4ccccc4n3C)CC2)C1. The monoisotopic (exact) mass is 342 g/mol. The van der Waals surface area contributed by atoms with Crippen LogP contribution >= 0.6 is 0 Å². The van der Waals surface area contributed by atoms with Crippen LogP contribution < -0.4 is 0 Å². The van der Waals surface area contributed by atoms with E-state index in [0.29, 0.717) is 6.61 Å². The minimum atomic E-state index is -0.0878. The van der Waals surface area contributed by atoms with Crippen molar-refractivity contribution in [3.05, 3.63) is 36.0 Å². The average molecular weight is 342 g/mol. The lowest BCUT2D eigenvalue weighted by Gasteiger charge is -2.38. The number of aryl methyl sites for hydroxylation is 1. The van der Waals surface area contributed by atoms with Gasteiger partial charge >= 0.3 is 0 Å². The van der Waals surface area contributed by atoms with Gasteiger partial charge in [0.2, 0.25) is 0 Å². The van der Waals surface area contributed by atoms with Crippen LogP contribution in [0.2, 0.25) is 0 Å². The molecule has 134 valence electrons. The number of hydrogen-bond donors (Lipinski definition) is 0. The number of piperidine rings is 1. The van der Waals surface area contributed by atoms with E-state index < -0.39 is 0 Å². The third-order valence-corrected chi connectivity index (χ3v) is 5.71. The molecule has 1 atom stereocenters. The first-order valence-corrected chi connectivity index (χ1v) is 9.21. The Kier molecular flexibility index (Phi) is 4.29. The van der Waals surface area contributed by atoms with Gasteiger partial charge in [0.05, 0.1) is 18.3 Å². The molecule has 2 fully saturated rings. The molecule has 2 aliphatic heterocycles. The Morgan fingerprint density at radius 3 is 2.80 bits per heavy atom. The number of benzene rings is 1. The van der Waals surface area contributed by atoms with Crippen LogP contribution in [-0.4, -0.2) is 53.4 Å². The second-order valence-corrected chi connectivity index (χ2v) is 7.22. The first-order chi connectivity index (χ1) is 12.1. The van der Waals surface area contributed by atoms with E-state index in [1.54, 1.807) is 0 Å². The summed E-state index contributed by atoms with van der Waals surface area (Å²) in [5.74, 6) is 0.118. The lowest BCUT2D eigenvalue weighted by atomic mass is 9.88. The van der Waals surface area contributed by atoms with Crippen LogP contribution in [0.1, 0.15) is 36.7 Å². The van der Waals surface area contributed by atoms with Crippen molar-refractivity contribution in [3.8, 4) is 0 Å². The fourth-order valence-corrected chi connectivity index (χ4v) is 4.27. The zero-order valence-corrected chi connectivity index (χ0v) is 15.0. The smallest absolute Gasteiger partial charge is 0.270 e. The topological polar surface area (TPSA) is 43.7 Å². The van der Waals surface area contributed by atoms with Crippen LogP contribution in [-0.2, 0) is 16.5 Å². The van der Waals surface area contributed by atoms with Crippen LogP contribution in [0, 0.1) is 0 Å². The standard InChI is InChI=1S/C20H26N2O3/c1-3-24-16-13-20(25-14-16)8-10-22(11-9-20)19(23)18-12-15-6-4-5-7-17(15)21(18)2/h4-7,12,16H,3,8-11,13-14H2,1-2H3. The molecule has 1 unspecified atom stereocenters. The number of hydrogen-bond acceptors (Lipinski definition) is 3. The maximum Gasteiger partial charge on any atom is 0.270 e. The van der Waals surface area contributed by atoms with Gasteiger partial charge in [-0.15, -0.1) is 0 Å². The molecule has 0 radical (unpaired) electrons. The zero-order valence-electron chi connectivity index (χ0n) is 15.0. The summed E-state index contributed by atoms with van der Waals surface area (Å²) in [7, 11) is 1.97. The molecule has 0 saturated carbocycles. The van der Waals surface area contributed by atoms with Crippen molar-refractivity contribution in [2.45, 2.75) is 37.9 Å². The molecule has 3 heterocycles. The lowest BCUT2D eigenvalue weighted by Crippen LogP contribution is -2.47. The van der Waals surface area contributed by atoms with E-state index >= 15 is 0 Å². The molecule has 4 rings (SSSR count). The molecule has 0 N–H and O–H groups in total. The third-order valence-electron chi connectivity index (χ3n) is 5.71. The Morgan fingerprint density at radius 2 is 2.08 bits per heavy atom. The molecule has 25 heavy (non-hydrogen) atoms. The second kappa shape index (κ2) is 6.46. The Labute approximate surface area is 148 Å². The highest BCUT2D eigenvalue weighted by molar-refractivity contribution is 5.98. The van der Waals surface area contributed by atoms with Crippen molar-refractivity contribution < 1.29 is 14.3 Å². The highest BCUT2D eigenvalue weighted by Crippen LogP contribution is 2.37. The number of likely N-dealkylation sites (tertiary alicyclic amines) is 1. The average Bonchev–Trinajstić information content (AvgIpc) is 3.17. The van der Waals surface area contributed by atoms with Gasteiger partial charge in [0.1, 0.15) is 5.69 Å². The lowest BCUT2D eigenvalue weighted by molar-refractivity contribution is -0.0408. The van der Waals surface area contributed by atoms with Gasteiger partial charge in [-0.3, -0.25) is 4.79 Å². The van der Waals surface area contributed by atoms with E-state index in [1.165, 1.54) is 0 Å². The normalized spacial score (nSPS) is 22.8. The highest BCUT2D eigenvalue weighted by atomic mass is 16.6. The summed E-state index contributed by atoms with van der Waals surface area (Å²) in [6.45, 7) is 4.94. The molecule has 0 bridgehead atoms. The van der Waals surface area contributed by atoms with E-state index in [-0.39, 0.29) is 17.6 Å². The maximum absolute atomic E-state index is 13.0. The Balaban J connectivity index is 1.45. The van der Waals surface area contributed by atoms with Gasteiger partial charge in [-0.25, -0.2) is 0 Å². The van der Waals surface area contributed by atoms with Gasteiger partial charge in [0.15, 0.2) is 0 Å². The maximum atomic E-state index is 13.0. The number of nitrogens with zero attached hydrogens (tertiary/aromatic N) is 2. The predicted molar refractivity (Wildman–Crippen MR) is 96.8 cm³/mol. The third kappa shape index (κ3) is 2.96. The first kappa shape index (κ1) is 16.6. The van der Waals surface area contributed by atoms with Crippen LogP contribution in [0.25, 0.3) is 10.9 Å². The quantitative estimate of drug-likeness (QED) is 0.861. The second-order valence-electron chi connectivity index (χ2n) is 7.22. The van der Waals surface area contributed by atoms with E-state index in [1.807, 2.05) is 41.6 Å². The van der Waals surface area contributed by atoms with E-state index in [9.17, 15) is 4.79 Å². The van der Waals surface area contributed by atoms with Gasteiger partial charge in [-0.2, -0.15) is 0 Å². The molecular weight excluding hydrogens is 316 g/mol.